The van der Waals surface area contributed by atoms with Gasteiger partial charge in [0.2, 0.25) is 0 Å². The van der Waals surface area contributed by atoms with Crippen molar-refractivity contribution in [2.24, 2.45) is 17.8 Å². The zero-order chi connectivity index (χ0) is 17.5. The maximum atomic E-state index is 4.78. The molecule has 0 fully saturated rings. The molecule has 0 saturated carbocycles. The highest BCUT2D eigenvalue weighted by Gasteiger charge is 2.35. The summed E-state index contributed by atoms with van der Waals surface area (Å²) in [6.07, 6.45) is 2.13. The Hall–Kier alpha value is -1.05. The summed E-state index contributed by atoms with van der Waals surface area (Å²) in [5.41, 5.74) is 5.62. The highest BCUT2D eigenvalue weighted by Crippen LogP contribution is 2.45. The van der Waals surface area contributed by atoms with E-state index in [1.54, 1.807) is 0 Å². The van der Waals surface area contributed by atoms with Gasteiger partial charge in [0.15, 0.2) is 0 Å². The van der Waals surface area contributed by atoms with E-state index in [2.05, 4.69) is 73.4 Å². The molecule has 0 unspecified atom stereocenters. The maximum absolute atomic E-state index is 4.78. The van der Waals surface area contributed by atoms with Gasteiger partial charge in [-0.15, -0.1) is 0 Å². The second-order valence-electron chi connectivity index (χ2n) is 8.45. The first-order valence-corrected chi connectivity index (χ1v) is 9.42. The van der Waals surface area contributed by atoms with Crippen molar-refractivity contribution < 1.29 is 0 Å². The molecule has 2 rings (SSSR count). The predicted molar refractivity (Wildman–Crippen MR) is 101 cm³/mol. The van der Waals surface area contributed by atoms with Crippen LogP contribution in [0.4, 0.5) is 5.69 Å². The van der Waals surface area contributed by atoms with Crippen LogP contribution < -0.4 is 4.90 Å². The molecule has 0 radical (unpaired) electrons. The van der Waals surface area contributed by atoms with Gasteiger partial charge in [-0.05, 0) is 55.9 Å². The van der Waals surface area contributed by atoms with Gasteiger partial charge in [0.25, 0.3) is 0 Å². The van der Waals surface area contributed by atoms with Crippen LogP contribution in [0, 0.1) is 24.7 Å². The molecule has 0 bridgehead atoms. The van der Waals surface area contributed by atoms with E-state index in [0.29, 0.717) is 29.7 Å². The standard InChI is InChI=1S/C21H36N2/c1-12(2)19-10-22-18(9)20-17(8)16(7)15(6)14(5)11-23(13(3)4)21(19)20/h10,12-17H,11H2,1-9H3/t14-,15-,16-,17-/m1/s1. The first-order chi connectivity index (χ1) is 10.7. The maximum Gasteiger partial charge on any atom is 0.0472 e. The molecule has 4 atom stereocenters. The van der Waals surface area contributed by atoms with Gasteiger partial charge in [0.1, 0.15) is 0 Å². The fraction of sp³-hybridized carbons (Fsp3) is 0.762. The molecule has 0 aromatic carbocycles. The summed E-state index contributed by atoms with van der Waals surface area (Å²) < 4.78 is 0. The molecular formula is C21H36N2. The van der Waals surface area contributed by atoms with Gasteiger partial charge in [0.05, 0.1) is 0 Å². The topological polar surface area (TPSA) is 16.1 Å². The highest BCUT2D eigenvalue weighted by atomic mass is 15.2. The van der Waals surface area contributed by atoms with Gasteiger partial charge in [-0.2, -0.15) is 0 Å². The van der Waals surface area contributed by atoms with E-state index in [1.807, 2.05) is 0 Å². The third-order valence-corrected chi connectivity index (χ3v) is 6.30. The largest absolute Gasteiger partial charge is 0.368 e. The molecule has 1 aromatic rings. The lowest BCUT2D eigenvalue weighted by Gasteiger charge is -2.43. The molecule has 0 saturated heterocycles. The molecule has 2 heterocycles. The molecule has 0 amide bonds. The number of hydrogen-bond donors (Lipinski definition) is 0. The van der Waals surface area contributed by atoms with Crippen LogP contribution in [0.3, 0.4) is 0 Å². The van der Waals surface area contributed by atoms with E-state index in [1.165, 1.54) is 22.5 Å². The Bertz CT molecular complexity index is 547. The van der Waals surface area contributed by atoms with Gasteiger partial charge in [0, 0.05) is 35.7 Å². The second kappa shape index (κ2) is 6.83. The quantitative estimate of drug-likeness (QED) is 0.690. The highest BCUT2D eigenvalue weighted by molar-refractivity contribution is 5.63. The predicted octanol–water partition coefficient (Wildman–Crippen LogP) is 5.75. The van der Waals surface area contributed by atoms with Gasteiger partial charge < -0.3 is 4.90 Å². The monoisotopic (exact) mass is 316 g/mol. The van der Waals surface area contributed by atoms with Crippen molar-refractivity contribution in [3.05, 3.63) is 23.0 Å². The van der Waals surface area contributed by atoms with Crippen molar-refractivity contribution in [2.45, 2.75) is 80.2 Å². The molecule has 0 spiro atoms. The number of hydrogen-bond acceptors (Lipinski definition) is 2. The van der Waals surface area contributed by atoms with Crippen molar-refractivity contribution in [3.8, 4) is 0 Å². The second-order valence-corrected chi connectivity index (χ2v) is 8.45. The fourth-order valence-corrected chi connectivity index (χ4v) is 4.19. The zero-order valence-electron chi connectivity index (χ0n) is 16.6. The lowest BCUT2D eigenvalue weighted by atomic mass is 9.72. The summed E-state index contributed by atoms with van der Waals surface area (Å²) >= 11 is 0. The molecule has 23 heavy (non-hydrogen) atoms. The summed E-state index contributed by atoms with van der Waals surface area (Å²) in [6, 6.07) is 0.517. The van der Waals surface area contributed by atoms with E-state index >= 15 is 0 Å². The summed E-state index contributed by atoms with van der Waals surface area (Å²) in [5.74, 6) is 3.17. The number of fused-ring (bicyclic) bond motifs is 1. The Kier molecular flexibility index (Phi) is 5.43. The Morgan fingerprint density at radius 3 is 2.17 bits per heavy atom. The third kappa shape index (κ3) is 3.27. The van der Waals surface area contributed by atoms with E-state index in [-0.39, 0.29) is 0 Å². The number of aryl methyl sites for hydroxylation is 1. The minimum atomic E-state index is 0.507. The Balaban J connectivity index is 2.76. The van der Waals surface area contributed by atoms with E-state index in [0.717, 1.165) is 12.5 Å². The molecule has 1 aromatic heterocycles. The molecular weight excluding hydrogens is 280 g/mol. The van der Waals surface area contributed by atoms with Crippen molar-refractivity contribution in [1.82, 2.24) is 4.98 Å². The number of aromatic nitrogens is 1. The third-order valence-electron chi connectivity index (χ3n) is 6.30. The average molecular weight is 317 g/mol. The Morgan fingerprint density at radius 2 is 1.65 bits per heavy atom. The molecule has 130 valence electrons. The lowest BCUT2D eigenvalue weighted by Crippen LogP contribution is -2.41. The van der Waals surface area contributed by atoms with Crippen LogP contribution in [0.1, 0.15) is 84.0 Å². The normalized spacial score (nSPS) is 28.7. The first kappa shape index (κ1) is 18.3. The molecule has 1 aliphatic heterocycles. The smallest absolute Gasteiger partial charge is 0.0472 e. The van der Waals surface area contributed by atoms with Gasteiger partial charge in [-0.25, -0.2) is 0 Å². The van der Waals surface area contributed by atoms with E-state index in [9.17, 15) is 0 Å². The molecule has 0 aliphatic carbocycles. The van der Waals surface area contributed by atoms with Crippen LogP contribution in [0.5, 0.6) is 0 Å². The minimum Gasteiger partial charge on any atom is -0.368 e. The first-order valence-electron chi connectivity index (χ1n) is 9.42. The average Bonchev–Trinajstić information content (AvgIpc) is 2.48. The fourth-order valence-electron chi connectivity index (χ4n) is 4.19. The SMILES string of the molecule is Cc1ncc(C(C)C)c2c1[C@H](C)[C@H](C)[C@H](C)[C@H](C)CN2C(C)C. The summed E-state index contributed by atoms with van der Waals surface area (Å²) in [6.45, 7) is 22.3. The summed E-state index contributed by atoms with van der Waals surface area (Å²) in [7, 11) is 0. The molecule has 1 aliphatic rings. The lowest BCUT2D eigenvalue weighted by molar-refractivity contribution is 0.242. The van der Waals surface area contributed by atoms with E-state index in [4.69, 9.17) is 4.98 Å². The van der Waals surface area contributed by atoms with Gasteiger partial charge in [-0.3, -0.25) is 4.98 Å². The van der Waals surface area contributed by atoms with Gasteiger partial charge >= 0.3 is 0 Å². The molecule has 0 N–H and O–H groups in total. The Labute approximate surface area is 143 Å². The van der Waals surface area contributed by atoms with E-state index < -0.39 is 0 Å². The van der Waals surface area contributed by atoms with Crippen molar-refractivity contribution in [1.29, 1.82) is 0 Å². The van der Waals surface area contributed by atoms with Crippen LogP contribution in [0.15, 0.2) is 6.20 Å². The number of pyridine rings is 1. The van der Waals surface area contributed by atoms with Crippen LogP contribution in [-0.2, 0) is 0 Å². The number of nitrogens with zero attached hydrogens (tertiary/aromatic N) is 2. The summed E-state index contributed by atoms with van der Waals surface area (Å²) in [4.78, 5) is 7.44. The number of rotatable bonds is 2. The molecule has 2 nitrogen and oxygen atoms in total. The van der Waals surface area contributed by atoms with Crippen LogP contribution in [-0.4, -0.2) is 17.6 Å². The Morgan fingerprint density at radius 1 is 1.04 bits per heavy atom. The van der Waals surface area contributed by atoms with Crippen LogP contribution in [0.25, 0.3) is 0 Å². The van der Waals surface area contributed by atoms with Gasteiger partial charge in [-0.1, -0.05) is 41.5 Å². The summed E-state index contributed by atoms with van der Waals surface area (Å²) in [5, 5.41) is 0. The van der Waals surface area contributed by atoms with Crippen molar-refractivity contribution >= 4 is 5.69 Å². The zero-order valence-corrected chi connectivity index (χ0v) is 16.6. The van der Waals surface area contributed by atoms with Crippen molar-refractivity contribution in [2.75, 3.05) is 11.4 Å². The molecule has 2 heteroatoms. The minimum absolute atomic E-state index is 0.507. The number of anilines is 1. The van der Waals surface area contributed by atoms with Crippen LogP contribution >= 0.6 is 0 Å². The van der Waals surface area contributed by atoms with Crippen molar-refractivity contribution in [3.63, 3.8) is 0 Å². The van der Waals surface area contributed by atoms with Crippen LogP contribution in [0.2, 0.25) is 0 Å².